The minimum atomic E-state index is -0.546. The predicted octanol–water partition coefficient (Wildman–Crippen LogP) is 3.09. The molecule has 0 saturated carbocycles. The number of benzene rings is 1. The van der Waals surface area contributed by atoms with Crippen LogP contribution < -0.4 is 10.2 Å². The first-order valence-electron chi connectivity index (χ1n) is 7.72. The Morgan fingerprint density at radius 1 is 1.13 bits per heavy atom. The molecule has 120 valence electrons. The summed E-state index contributed by atoms with van der Waals surface area (Å²) in [4.78, 5) is 23.4. The number of carbonyl (C=O) groups excluding carboxylic acids is 1. The number of rotatable bonds is 3. The van der Waals surface area contributed by atoms with Gasteiger partial charge in [-0.05, 0) is 38.8 Å². The van der Waals surface area contributed by atoms with Crippen LogP contribution in [-0.2, 0) is 0 Å². The number of hydrogen-bond donors (Lipinski definition) is 1. The number of nitrogens with zero attached hydrogens (tertiary/aromatic N) is 3. The Labute approximate surface area is 134 Å². The molecule has 1 saturated heterocycles. The quantitative estimate of drug-likeness (QED) is 0.946. The smallest absolute Gasteiger partial charge is 0.258 e. The van der Waals surface area contributed by atoms with Gasteiger partial charge in [0, 0.05) is 13.1 Å². The van der Waals surface area contributed by atoms with Crippen LogP contribution in [0.25, 0.3) is 0 Å². The zero-order chi connectivity index (χ0) is 16.4. The lowest BCUT2D eigenvalue weighted by Crippen LogP contribution is -2.22. The van der Waals surface area contributed by atoms with E-state index in [0.717, 1.165) is 25.9 Å². The number of nitrogens with one attached hydrogen (secondary N) is 1. The fraction of sp³-hybridized carbons (Fsp3) is 0.353. The Morgan fingerprint density at radius 2 is 1.74 bits per heavy atom. The van der Waals surface area contributed by atoms with Gasteiger partial charge in [-0.2, -0.15) is 0 Å². The van der Waals surface area contributed by atoms with Crippen molar-refractivity contribution in [2.24, 2.45) is 0 Å². The molecule has 2 heterocycles. The standard InChI is InChI=1S/C17H19FN4O/c1-11-15(21-16(23)13-7-3-4-8-14(13)18)12(2)20-17(19-11)22-9-5-6-10-22/h3-4,7-8H,5-6,9-10H2,1-2H3,(H,21,23). The molecule has 0 atom stereocenters. The van der Waals surface area contributed by atoms with Crippen LogP contribution in [0.5, 0.6) is 0 Å². The highest BCUT2D eigenvalue weighted by atomic mass is 19.1. The molecular formula is C17H19FN4O. The molecule has 1 N–H and O–H groups in total. The summed E-state index contributed by atoms with van der Waals surface area (Å²) in [5, 5.41) is 2.73. The van der Waals surface area contributed by atoms with Crippen LogP contribution in [0.3, 0.4) is 0 Å². The van der Waals surface area contributed by atoms with Crippen molar-refractivity contribution in [2.75, 3.05) is 23.3 Å². The monoisotopic (exact) mass is 314 g/mol. The minimum absolute atomic E-state index is 0.00918. The van der Waals surface area contributed by atoms with Crippen LogP contribution in [-0.4, -0.2) is 29.0 Å². The van der Waals surface area contributed by atoms with Crippen molar-refractivity contribution in [2.45, 2.75) is 26.7 Å². The van der Waals surface area contributed by atoms with Crippen molar-refractivity contribution in [1.82, 2.24) is 9.97 Å². The number of anilines is 2. The van der Waals surface area contributed by atoms with Gasteiger partial charge < -0.3 is 10.2 Å². The lowest BCUT2D eigenvalue weighted by atomic mass is 10.2. The summed E-state index contributed by atoms with van der Waals surface area (Å²) < 4.78 is 13.7. The second-order valence-electron chi connectivity index (χ2n) is 5.70. The lowest BCUT2D eigenvalue weighted by molar-refractivity contribution is 0.102. The summed E-state index contributed by atoms with van der Waals surface area (Å²) in [6, 6.07) is 5.90. The van der Waals surface area contributed by atoms with E-state index in [4.69, 9.17) is 0 Å². The largest absolute Gasteiger partial charge is 0.341 e. The molecule has 5 nitrogen and oxygen atoms in total. The van der Waals surface area contributed by atoms with Crippen molar-refractivity contribution in [3.8, 4) is 0 Å². The van der Waals surface area contributed by atoms with Gasteiger partial charge in [0.25, 0.3) is 5.91 Å². The van der Waals surface area contributed by atoms with Crippen LogP contribution in [0.4, 0.5) is 16.0 Å². The third-order valence-corrected chi connectivity index (χ3v) is 4.00. The summed E-state index contributed by atoms with van der Waals surface area (Å²) in [6.45, 7) is 5.57. The van der Waals surface area contributed by atoms with Crippen molar-refractivity contribution < 1.29 is 9.18 Å². The normalized spacial score (nSPS) is 14.1. The third kappa shape index (κ3) is 3.16. The fourth-order valence-corrected chi connectivity index (χ4v) is 2.76. The summed E-state index contributed by atoms with van der Waals surface area (Å²) in [5.41, 5.74) is 1.92. The van der Waals surface area contributed by atoms with Crippen molar-refractivity contribution >= 4 is 17.5 Å². The number of hydrogen-bond acceptors (Lipinski definition) is 4. The average Bonchev–Trinajstić information content (AvgIpc) is 3.05. The molecule has 0 spiro atoms. The Kier molecular flexibility index (Phi) is 4.23. The van der Waals surface area contributed by atoms with Gasteiger partial charge in [0.15, 0.2) is 0 Å². The first kappa shape index (κ1) is 15.4. The van der Waals surface area contributed by atoms with Crippen molar-refractivity contribution in [3.05, 3.63) is 47.0 Å². The molecule has 3 rings (SSSR count). The highest BCUT2D eigenvalue weighted by molar-refractivity contribution is 6.05. The second-order valence-corrected chi connectivity index (χ2v) is 5.70. The molecule has 0 radical (unpaired) electrons. The molecule has 1 aromatic heterocycles. The van der Waals surface area contributed by atoms with Gasteiger partial charge in [0.2, 0.25) is 5.95 Å². The van der Waals surface area contributed by atoms with E-state index >= 15 is 0 Å². The van der Waals surface area contributed by atoms with E-state index < -0.39 is 11.7 Å². The van der Waals surface area contributed by atoms with Gasteiger partial charge in [-0.1, -0.05) is 12.1 Å². The molecule has 1 aromatic carbocycles. The number of carbonyl (C=O) groups is 1. The molecule has 2 aromatic rings. The highest BCUT2D eigenvalue weighted by Gasteiger charge is 2.19. The zero-order valence-corrected chi connectivity index (χ0v) is 13.3. The van der Waals surface area contributed by atoms with Gasteiger partial charge >= 0.3 is 0 Å². The van der Waals surface area contributed by atoms with Crippen LogP contribution in [0.2, 0.25) is 0 Å². The van der Waals surface area contributed by atoms with E-state index in [2.05, 4.69) is 20.2 Å². The maximum Gasteiger partial charge on any atom is 0.258 e. The van der Waals surface area contributed by atoms with E-state index in [0.29, 0.717) is 23.0 Å². The maximum atomic E-state index is 13.7. The van der Waals surface area contributed by atoms with E-state index in [9.17, 15) is 9.18 Å². The summed E-state index contributed by atoms with van der Waals surface area (Å²) in [7, 11) is 0. The van der Waals surface area contributed by atoms with Gasteiger partial charge in [-0.3, -0.25) is 4.79 Å². The van der Waals surface area contributed by atoms with E-state index in [1.54, 1.807) is 12.1 Å². The van der Waals surface area contributed by atoms with Gasteiger partial charge in [0.1, 0.15) is 5.82 Å². The van der Waals surface area contributed by atoms with E-state index in [1.807, 2.05) is 13.8 Å². The fourth-order valence-electron chi connectivity index (χ4n) is 2.76. The first-order chi connectivity index (χ1) is 11.1. The van der Waals surface area contributed by atoms with Gasteiger partial charge in [-0.25, -0.2) is 14.4 Å². The molecule has 1 fully saturated rings. The molecule has 1 aliphatic heterocycles. The number of aryl methyl sites for hydroxylation is 2. The van der Waals surface area contributed by atoms with Crippen molar-refractivity contribution in [1.29, 1.82) is 0 Å². The second kappa shape index (κ2) is 6.32. The van der Waals surface area contributed by atoms with Crippen LogP contribution in [0, 0.1) is 19.7 Å². The Morgan fingerprint density at radius 3 is 2.35 bits per heavy atom. The molecular weight excluding hydrogens is 295 g/mol. The van der Waals surface area contributed by atoms with E-state index in [1.165, 1.54) is 12.1 Å². The number of aromatic nitrogens is 2. The topological polar surface area (TPSA) is 58.1 Å². The molecule has 6 heteroatoms. The molecule has 0 bridgehead atoms. The van der Waals surface area contributed by atoms with Gasteiger partial charge in [-0.15, -0.1) is 0 Å². The summed E-state index contributed by atoms with van der Waals surface area (Å²) in [6.07, 6.45) is 2.29. The van der Waals surface area contributed by atoms with Crippen LogP contribution >= 0.6 is 0 Å². The van der Waals surface area contributed by atoms with Gasteiger partial charge in [0.05, 0.1) is 22.6 Å². The highest BCUT2D eigenvalue weighted by Crippen LogP contribution is 2.23. The summed E-state index contributed by atoms with van der Waals surface area (Å²) >= 11 is 0. The van der Waals surface area contributed by atoms with E-state index in [-0.39, 0.29) is 5.56 Å². The van der Waals surface area contributed by atoms with Crippen LogP contribution in [0.15, 0.2) is 24.3 Å². The molecule has 23 heavy (non-hydrogen) atoms. The predicted molar refractivity (Wildman–Crippen MR) is 87.3 cm³/mol. The first-order valence-corrected chi connectivity index (χ1v) is 7.72. The van der Waals surface area contributed by atoms with Crippen molar-refractivity contribution in [3.63, 3.8) is 0 Å². The Hall–Kier alpha value is -2.50. The maximum absolute atomic E-state index is 13.7. The zero-order valence-electron chi connectivity index (χ0n) is 13.3. The third-order valence-electron chi connectivity index (χ3n) is 4.00. The molecule has 1 amide bonds. The van der Waals surface area contributed by atoms with Crippen LogP contribution in [0.1, 0.15) is 34.6 Å². The average molecular weight is 314 g/mol. The molecule has 1 aliphatic rings. The molecule has 0 aliphatic carbocycles. The Bertz CT molecular complexity index is 718. The minimum Gasteiger partial charge on any atom is -0.341 e. The number of amides is 1. The number of halogens is 1. The summed E-state index contributed by atoms with van der Waals surface area (Å²) in [5.74, 6) is -0.344. The lowest BCUT2D eigenvalue weighted by Gasteiger charge is -2.18. The Balaban J connectivity index is 1.85. The SMILES string of the molecule is Cc1nc(N2CCCC2)nc(C)c1NC(=O)c1ccccc1F. The molecule has 0 unspecified atom stereocenters.